The zero-order valence-electron chi connectivity index (χ0n) is 40.2. The molecule has 358 valence electrons. The van der Waals surface area contributed by atoms with E-state index < -0.39 is 47.4 Å². The number of nitrogens with one attached hydrogen (secondary N) is 3. The molecule has 18 heteroatoms. The number of benzene rings is 1. The number of cyclic esters (lactones) is 1. The molecular formula is C48H68N10O7S. The van der Waals surface area contributed by atoms with E-state index in [1.54, 1.807) is 33.2 Å². The fraction of sp³-hybridized carbons (Fsp3) is 0.604. The average Bonchev–Trinajstić information content (AvgIpc) is 3.98. The summed E-state index contributed by atoms with van der Waals surface area (Å²) in [7, 11) is 6.63. The van der Waals surface area contributed by atoms with Crippen molar-refractivity contribution in [2.45, 2.75) is 117 Å². The molecule has 0 aliphatic carbocycles. The summed E-state index contributed by atoms with van der Waals surface area (Å²) < 4.78 is 14.3. The summed E-state index contributed by atoms with van der Waals surface area (Å²) in [5.41, 5.74) is 9.75. The van der Waals surface area contributed by atoms with Gasteiger partial charge in [0, 0.05) is 106 Å². The van der Waals surface area contributed by atoms with Gasteiger partial charge in [0.15, 0.2) is 0 Å². The minimum Gasteiger partial charge on any atom is -0.464 e. The van der Waals surface area contributed by atoms with E-state index in [2.05, 4.69) is 59.6 Å². The lowest BCUT2D eigenvalue weighted by atomic mass is 9.83. The van der Waals surface area contributed by atoms with Crippen LogP contribution in [0.2, 0.25) is 0 Å². The first-order chi connectivity index (χ1) is 31.4. The van der Waals surface area contributed by atoms with Crippen LogP contribution in [-0.2, 0) is 48.0 Å². The van der Waals surface area contributed by atoms with Crippen molar-refractivity contribution in [1.82, 2.24) is 45.3 Å². The summed E-state index contributed by atoms with van der Waals surface area (Å²) in [6, 6.07) is 3.06. The molecule has 66 heavy (non-hydrogen) atoms. The molecule has 17 nitrogen and oxygen atoms in total. The number of nitrogens with zero attached hydrogens (tertiary/aromatic N) is 7. The third-order valence-corrected chi connectivity index (χ3v) is 14.1. The molecule has 3 N–H and O–H groups in total. The highest BCUT2D eigenvalue weighted by molar-refractivity contribution is 7.10. The molecule has 6 bridgehead atoms. The van der Waals surface area contributed by atoms with E-state index in [9.17, 15) is 24.0 Å². The molecular weight excluding hydrogens is 861 g/mol. The number of hydrogen-bond donors (Lipinski definition) is 3. The summed E-state index contributed by atoms with van der Waals surface area (Å²) in [5.74, 6) is -1.72. The fourth-order valence-electron chi connectivity index (χ4n) is 9.40. The van der Waals surface area contributed by atoms with Gasteiger partial charge in [0.1, 0.15) is 18.1 Å². The number of hydrogen-bond acceptors (Lipinski definition) is 12. The van der Waals surface area contributed by atoms with Gasteiger partial charge in [-0.05, 0) is 69.6 Å². The Morgan fingerprint density at radius 1 is 1.11 bits per heavy atom. The number of aromatic nitrogens is 2. The van der Waals surface area contributed by atoms with E-state index in [0.29, 0.717) is 43.9 Å². The molecule has 0 unspecified atom stereocenters. The second-order valence-corrected chi connectivity index (χ2v) is 20.2. The average molecular weight is 929 g/mol. The van der Waals surface area contributed by atoms with Gasteiger partial charge in [0.05, 0.1) is 40.8 Å². The number of methoxy groups -OCH3 is 1. The van der Waals surface area contributed by atoms with Crippen LogP contribution in [0.1, 0.15) is 83.5 Å². The van der Waals surface area contributed by atoms with E-state index in [1.165, 1.54) is 26.1 Å². The highest BCUT2D eigenvalue weighted by Gasteiger charge is 2.39. The van der Waals surface area contributed by atoms with Gasteiger partial charge in [0.25, 0.3) is 5.91 Å². The van der Waals surface area contributed by atoms with Crippen molar-refractivity contribution < 1.29 is 33.4 Å². The molecule has 0 saturated carbocycles. The quantitative estimate of drug-likeness (QED) is 0.172. The number of hydrazine groups is 1. The number of amides is 5. The number of allylic oxidation sites excluding steroid dienone is 1. The molecule has 2 saturated heterocycles. The Labute approximate surface area is 392 Å². The number of ether oxygens (including phenoxy) is 2. The van der Waals surface area contributed by atoms with Gasteiger partial charge in [-0.1, -0.05) is 33.8 Å². The van der Waals surface area contributed by atoms with E-state index in [4.69, 9.17) is 19.5 Å². The largest absolute Gasteiger partial charge is 0.464 e. The number of urea groups is 1. The monoisotopic (exact) mass is 928 g/mol. The first kappa shape index (κ1) is 48.8. The van der Waals surface area contributed by atoms with Gasteiger partial charge in [0.2, 0.25) is 11.8 Å². The van der Waals surface area contributed by atoms with Gasteiger partial charge < -0.3 is 39.4 Å². The van der Waals surface area contributed by atoms with Crippen LogP contribution in [0.5, 0.6) is 0 Å². The SMILES string of the molecule is CCn1c(C2=C([C@H](C)OC)N=CCC2)c2c3cc(ccc31)-c1csc(n1)C[C@H](NC(=O)[C@H](C(C)C)N(C)C(=O)N(C)CCN(C)C(=O)[C@H]1CN1)C(=O)N1CCC[C@H](N1)C(=O)OCC(C)(C)C2. The third kappa shape index (κ3) is 10.5. The van der Waals surface area contributed by atoms with Crippen LogP contribution >= 0.6 is 11.3 Å². The normalized spacial score (nSPS) is 21.9. The molecule has 2 aromatic heterocycles. The smallest absolute Gasteiger partial charge is 0.324 e. The molecule has 0 spiro atoms. The second kappa shape index (κ2) is 20.4. The minimum atomic E-state index is -1.08. The number of thiazole rings is 1. The first-order valence-electron chi connectivity index (χ1n) is 23.3. The first-order valence-corrected chi connectivity index (χ1v) is 24.2. The Kier molecular flexibility index (Phi) is 15.0. The van der Waals surface area contributed by atoms with Crippen LogP contribution < -0.4 is 16.1 Å². The molecule has 3 aromatic rings. The maximum atomic E-state index is 14.6. The maximum absolute atomic E-state index is 14.6. The Balaban J connectivity index is 1.23. The van der Waals surface area contributed by atoms with Crippen molar-refractivity contribution in [2.75, 3.05) is 61.0 Å². The van der Waals surface area contributed by atoms with Gasteiger partial charge in [-0.15, -0.1) is 11.3 Å². The lowest BCUT2D eigenvalue weighted by Crippen LogP contribution is -2.62. The predicted octanol–water partition coefficient (Wildman–Crippen LogP) is 4.48. The van der Waals surface area contributed by atoms with E-state index in [1.807, 2.05) is 32.4 Å². The topological polar surface area (TPSA) is 193 Å². The predicted molar refractivity (Wildman–Crippen MR) is 256 cm³/mol. The number of aryl methyl sites for hydroxylation is 1. The summed E-state index contributed by atoms with van der Waals surface area (Å²) in [6.07, 6.45) is 5.09. The molecule has 4 aliphatic rings. The van der Waals surface area contributed by atoms with Crippen LogP contribution in [0.3, 0.4) is 0 Å². The molecule has 0 radical (unpaired) electrons. The Morgan fingerprint density at radius 3 is 2.55 bits per heavy atom. The van der Waals surface area contributed by atoms with E-state index >= 15 is 0 Å². The number of fused-ring (bicyclic) bond motifs is 6. The number of rotatable bonds is 12. The van der Waals surface area contributed by atoms with Gasteiger partial charge in [-0.3, -0.25) is 29.2 Å². The highest BCUT2D eigenvalue weighted by atomic mass is 32.1. The molecule has 5 amide bonds. The lowest BCUT2D eigenvalue weighted by Gasteiger charge is -2.37. The number of likely N-dealkylation sites (N-methyl/N-ethyl adjacent to an activating group) is 3. The number of carbonyl (C=O) groups is 5. The van der Waals surface area contributed by atoms with Crippen LogP contribution in [0.25, 0.3) is 27.7 Å². The third-order valence-electron chi connectivity index (χ3n) is 13.2. The van der Waals surface area contributed by atoms with Crippen molar-refractivity contribution in [2.24, 2.45) is 16.3 Å². The zero-order valence-corrected chi connectivity index (χ0v) is 41.0. The summed E-state index contributed by atoms with van der Waals surface area (Å²) in [5, 5.41) is 11.1. The minimum absolute atomic E-state index is 0.0255. The van der Waals surface area contributed by atoms with Gasteiger partial charge in [-0.2, -0.15) is 0 Å². The Morgan fingerprint density at radius 2 is 1.85 bits per heavy atom. The maximum Gasteiger partial charge on any atom is 0.324 e. The highest BCUT2D eigenvalue weighted by Crippen LogP contribution is 2.42. The molecule has 2 fully saturated rings. The molecule has 7 rings (SSSR count). The van der Waals surface area contributed by atoms with Crippen LogP contribution in [-0.4, -0.2) is 157 Å². The van der Waals surface area contributed by atoms with Crippen molar-refractivity contribution in [3.8, 4) is 11.3 Å². The summed E-state index contributed by atoms with van der Waals surface area (Å²) in [4.78, 5) is 83.7. The van der Waals surface area contributed by atoms with Crippen molar-refractivity contribution >= 4 is 63.7 Å². The summed E-state index contributed by atoms with van der Waals surface area (Å²) in [6.45, 7) is 14.5. The number of carbonyl (C=O) groups excluding carboxylic acids is 5. The number of aliphatic imine (C=N–C) groups is 1. The van der Waals surface area contributed by atoms with Crippen molar-refractivity contribution in [3.05, 3.63) is 45.5 Å². The molecule has 6 heterocycles. The van der Waals surface area contributed by atoms with Crippen molar-refractivity contribution in [3.63, 3.8) is 0 Å². The van der Waals surface area contributed by atoms with Gasteiger partial charge in [-0.25, -0.2) is 15.2 Å². The van der Waals surface area contributed by atoms with Crippen LogP contribution in [0, 0.1) is 11.3 Å². The molecule has 4 aliphatic heterocycles. The standard InChI is InChI=1S/C48H68N10O7S/c1-11-57-38-17-16-30-22-32(38)33(42(57)31-14-12-18-49-40(31)29(4)64-10)24-48(5,6)27-65-46(62)34-15-13-19-58(53-34)45(61)35(23-39-51-37(30)26-66-39)52-43(59)41(28(2)3)56(9)47(63)55(8)21-20-54(7)44(60)36-25-50-36/h16-18,22,26,28-29,34-36,41,50,53H,11-15,19-21,23-25,27H2,1-10H3,(H,52,59)/t29-,34-,35-,36+,41-/m0/s1. The Hall–Kier alpha value is -5.17. The van der Waals surface area contributed by atoms with Gasteiger partial charge >= 0.3 is 12.0 Å². The molecule has 5 atom stereocenters. The molecule has 1 aromatic carbocycles. The lowest BCUT2D eigenvalue weighted by molar-refractivity contribution is -0.155. The Bertz CT molecular complexity index is 2380. The van der Waals surface area contributed by atoms with Crippen LogP contribution in [0.15, 0.2) is 34.3 Å². The van der Waals surface area contributed by atoms with Crippen molar-refractivity contribution in [1.29, 1.82) is 0 Å². The van der Waals surface area contributed by atoms with E-state index in [0.717, 1.165) is 64.1 Å². The second-order valence-electron chi connectivity index (χ2n) is 19.3. The zero-order chi connectivity index (χ0) is 47.6. The number of esters is 1. The van der Waals surface area contributed by atoms with Crippen LogP contribution in [0.4, 0.5) is 4.79 Å². The fourth-order valence-corrected chi connectivity index (χ4v) is 10.3. The van der Waals surface area contributed by atoms with E-state index in [-0.39, 0.29) is 43.5 Å². The summed E-state index contributed by atoms with van der Waals surface area (Å²) >= 11 is 1.41.